The molecule has 1 aliphatic rings. The molecule has 0 radical (unpaired) electrons. The number of hydrogen-bond acceptors (Lipinski definition) is 5. The molecule has 8 heteroatoms. The van der Waals surface area contributed by atoms with Gasteiger partial charge < -0.3 is 4.90 Å². The number of nitrogens with one attached hydrogen (secondary N) is 1. The van der Waals surface area contributed by atoms with Crippen LogP contribution in [0, 0.1) is 5.82 Å². The molecule has 1 N–H and O–H groups in total. The fourth-order valence-corrected chi connectivity index (χ4v) is 5.43. The predicted octanol–water partition coefficient (Wildman–Crippen LogP) is 4.62. The van der Waals surface area contributed by atoms with Crippen LogP contribution in [-0.2, 0) is 9.84 Å². The third kappa shape index (κ3) is 4.97. The number of aromatic amines is 1. The molecule has 1 aromatic heterocycles. The molecule has 36 heavy (non-hydrogen) atoms. The van der Waals surface area contributed by atoms with Gasteiger partial charge in [-0.05, 0) is 48.0 Å². The van der Waals surface area contributed by atoms with Crippen LogP contribution in [0.1, 0.15) is 17.2 Å². The number of nitrogens with zero attached hydrogens (tertiary/aromatic N) is 3. The average molecular weight is 505 g/mol. The van der Waals surface area contributed by atoms with E-state index in [0.717, 1.165) is 48.4 Å². The minimum Gasteiger partial charge on any atom is -0.304 e. The predicted molar refractivity (Wildman–Crippen MR) is 140 cm³/mol. The monoisotopic (exact) mass is 504 g/mol. The number of sulfone groups is 1. The first-order valence-electron chi connectivity index (χ1n) is 11.9. The van der Waals surface area contributed by atoms with Crippen molar-refractivity contribution in [3.05, 3.63) is 95.9 Å². The van der Waals surface area contributed by atoms with Gasteiger partial charge in [-0.3, -0.25) is 10.00 Å². The summed E-state index contributed by atoms with van der Waals surface area (Å²) in [6.07, 6.45) is 3.02. The van der Waals surface area contributed by atoms with Crippen molar-refractivity contribution in [3.8, 4) is 22.4 Å². The maximum atomic E-state index is 14.7. The highest BCUT2D eigenvalue weighted by atomic mass is 32.2. The number of likely N-dealkylation sites (N-methyl/N-ethyl adjacent to an activating group) is 1. The van der Waals surface area contributed by atoms with Gasteiger partial charge in [-0.15, -0.1) is 0 Å². The van der Waals surface area contributed by atoms with Crippen LogP contribution < -0.4 is 0 Å². The van der Waals surface area contributed by atoms with Gasteiger partial charge in [0.15, 0.2) is 9.84 Å². The lowest BCUT2D eigenvalue weighted by Gasteiger charge is -2.38. The Hall–Kier alpha value is -3.33. The molecule has 1 saturated heterocycles. The van der Waals surface area contributed by atoms with Crippen LogP contribution in [0.15, 0.2) is 83.9 Å². The molecule has 1 atom stereocenters. The van der Waals surface area contributed by atoms with E-state index in [0.29, 0.717) is 16.2 Å². The first-order valence-corrected chi connectivity index (χ1v) is 13.8. The lowest BCUT2D eigenvalue weighted by atomic mass is 9.93. The number of aromatic nitrogens is 2. The standard InChI is InChI=1S/C28H29FN4O2S/c1-32-15-17-33(18-16-32)28(25-19-30-31-27(25)24-5-3-4-6-26(24)29)22-9-7-20(8-10-22)21-11-13-23(14-12-21)36(2,34)35/h3-14,19,28H,15-18H2,1-2H3,(H,30,31). The second-order valence-corrected chi connectivity index (χ2v) is 11.4. The molecule has 1 fully saturated rings. The van der Waals surface area contributed by atoms with Gasteiger partial charge in [-0.25, -0.2) is 12.8 Å². The highest BCUT2D eigenvalue weighted by Crippen LogP contribution is 2.36. The van der Waals surface area contributed by atoms with Crippen molar-refractivity contribution < 1.29 is 12.8 Å². The Labute approximate surface area is 211 Å². The summed E-state index contributed by atoms with van der Waals surface area (Å²) in [5.74, 6) is -0.284. The highest BCUT2D eigenvalue weighted by Gasteiger charge is 2.29. The van der Waals surface area contributed by atoms with E-state index in [-0.39, 0.29) is 11.9 Å². The molecule has 5 rings (SSSR count). The Morgan fingerprint density at radius 1 is 0.889 bits per heavy atom. The highest BCUT2D eigenvalue weighted by molar-refractivity contribution is 7.90. The summed E-state index contributed by atoms with van der Waals surface area (Å²) in [5, 5.41) is 7.35. The van der Waals surface area contributed by atoms with Crippen molar-refractivity contribution in [2.75, 3.05) is 39.5 Å². The van der Waals surface area contributed by atoms with Crippen molar-refractivity contribution in [3.63, 3.8) is 0 Å². The second kappa shape index (κ2) is 9.97. The Morgan fingerprint density at radius 2 is 1.50 bits per heavy atom. The molecule has 3 aromatic carbocycles. The van der Waals surface area contributed by atoms with Crippen LogP contribution in [0.5, 0.6) is 0 Å². The second-order valence-electron chi connectivity index (χ2n) is 9.34. The molecule has 186 valence electrons. The van der Waals surface area contributed by atoms with Crippen LogP contribution in [0.25, 0.3) is 22.4 Å². The van der Waals surface area contributed by atoms with E-state index in [1.165, 1.54) is 12.3 Å². The lowest BCUT2D eigenvalue weighted by Crippen LogP contribution is -2.46. The summed E-state index contributed by atoms with van der Waals surface area (Å²) in [4.78, 5) is 5.04. The molecule has 1 aliphatic heterocycles. The van der Waals surface area contributed by atoms with Crippen molar-refractivity contribution in [2.24, 2.45) is 0 Å². The zero-order valence-corrected chi connectivity index (χ0v) is 21.2. The molecule has 4 aromatic rings. The molecule has 1 unspecified atom stereocenters. The normalized spacial score (nSPS) is 16.2. The van der Waals surface area contributed by atoms with Gasteiger partial charge in [-0.2, -0.15) is 5.10 Å². The third-order valence-corrected chi connectivity index (χ3v) is 7.98. The van der Waals surface area contributed by atoms with Crippen LogP contribution in [-0.4, -0.2) is 67.9 Å². The van der Waals surface area contributed by atoms with Crippen molar-refractivity contribution in [1.82, 2.24) is 20.0 Å². The van der Waals surface area contributed by atoms with Gasteiger partial charge in [0.2, 0.25) is 0 Å². The summed E-state index contributed by atoms with van der Waals surface area (Å²) < 4.78 is 38.3. The Kier molecular flexibility index (Phi) is 6.75. The number of hydrogen-bond donors (Lipinski definition) is 1. The molecule has 0 aliphatic carbocycles. The minimum absolute atomic E-state index is 0.0892. The Balaban J connectivity index is 1.52. The van der Waals surface area contributed by atoms with E-state index < -0.39 is 9.84 Å². The molecule has 2 heterocycles. The zero-order chi connectivity index (χ0) is 25.3. The molecule has 0 saturated carbocycles. The van der Waals surface area contributed by atoms with Gasteiger partial charge in [0, 0.05) is 43.6 Å². The van der Waals surface area contributed by atoms with Crippen LogP contribution in [0.2, 0.25) is 0 Å². The van der Waals surface area contributed by atoms with E-state index in [1.807, 2.05) is 24.4 Å². The van der Waals surface area contributed by atoms with Gasteiger partial charge >= 0.3 is 0 Å². The SMILES string of the molecule is CN1CCN(C(c2ccc(-c3ccc(S(C)(=O)=O)cc3)cc2)c2cn[nH]c2-c2ccccc2F)CC1. The first-order chi connectivity index (χ1) is 17.3. The van der Waals surface area contributed by atoms with E-state index in [2.05, 4.69) is 51.3 Å². The smallest absolute Gasteiger partial charge is 0.175 e. The van der Waals surface area contributed by atoms with E-state index in [9.17, 15) is 12.8 Å². The summed E-state index contributed by atoms with van der Waals surface area (Å²) in [7, 11) is -1.11. The molecule has 0 bridgehead atoms. The topological polar surface area (TPSA) is 69.3 Å². The maximum absolute atomic E-state index is 14.7. The van der Waals surface area contributed by atoms with Crippen molar-refractivity contribution in [1.29, 1.82) is 0 Å². The fraction of sp³-hybridized carbons (Fsp3) is 0.250. The quantitative estimate of drug-likeness (QED) is 0.415. The first kappa shape index (κ1) is 24.4. The number of H-pyrrole nitrogens is 1. The van der Waals surface area contributed by atoms with E-state index in [4.69, 9.17) is 0 Å². The molecule has 0 amide bonds. The van der Waals surface area contributed by atoms with Gasteiger partial charge in [-0.1, -0.05) is 48.5 Å². The molecule has 6 nitrogen and oxygen atoms in total. The largest absolute Gasteiger partial charge is 0.304 e. The fourth-order valence-electron chi connectivity index (χ4n) is 4.80. The molecule has 0 spiro atoms. The summed E-state index contributed by atoms with van der Waals surface area (Å²) >= 11 is 0. The maximum Gasteiger partial charge on any atom is 0.175 e. The molecular formula is C28H29FN4O2S. The van der Waals surface area contributed by atoms with Gasteiger partial charge in [0.1, 0.15) is 5.82 Å². The summed E-state index contributed by atoms with van der Waals surface area (Å²) in [6.45, 7) is 3.68. The zero-order valence-electron chi connectivity index (χ0n) is 20.4. The van der Waals surface area contributed by atoms with Gasteiger partial charge in [0.05, 0.1) is 22.8 Å². The molecular weight excluding hydrogens is 475 g/mol. The van der Waals surface area contributed by atoms with Crippen molar-refractivity contribution >= 4 is 9.84 Å². The van der Waals surface area contributed by atoms with E-state index >= 15 is 0 Å². The van der Waals surface area contributed by atoms with Crippen LogP contribution in [0.4, 0.5) is 4.39 Å². The third-order valence-electron chi connectivity index (χ3n) is 6.85. The number of rotatable bonds is 6. The minimum atomic E-state index is -3.24. The lowest BCUT2D eigenvalue weighted by molar-refractivity contribution is 0.127. The summed E-state index contributed by atoms with van der Waals surface area (Å²) in [6, 6.07) is 21.9. The number of piperazine rings is 1. The number of halogens is 1. The Morgan fingerprint density at radius 3 is 2.11 bits per heavy atom. The number of benzene rings is 3. The summed E-state index contributed by atoms with van der Waals surface area (Å²) in [5.41, 5.74) is 5.17. The van der Waals surface area contributed by atoms with Crippen LogP contribution >= 0.6 is 0 Å². The Bertz CT molecular complexity index is 1440. The van der Waals surface area contributed by atoms with Crippen LogP contribution in [0.3, 0.4) is 0 Å². The average Bonchev–Trinajstić information content (AvgIpc) is 3.35. The van der Waals surface area contributed by atoms with E-state index in [1.54, 1.807) is 24.3 Å². The van der Waals surface area contributed by atoms with Crippen molar-refractivity contribution in [2.45, 2.75) is 10.9 Å². The van der Waals surface area contributed by atoms with Gasteiger partial charge in [0.25, 0.3) is 0 Å².